The minimum atomic E-state index is 0.237. The molecule has 1 aliphatic carbocycles. The molecular formula is C10H18N4S. The van der Waals surface area contributed by atoms with E-state index in [1.807, 2.05) is 6.92 Å². The van der Waals surface area contributed by atoms with E-state index in [1.54, 1.807) is 11.8 Å². The van der Waals surface area contributed by atoms with Crippen LogP contribution in [0.15, 0.2) is 5.16 Å². The molecule has 0 spiro atoms. The number of hydrogen-bond donors (Lipinski definition) is 2. The Labute approximate surface area is 94.4 Å². The summed E-state index contributed by atoms with van der Waals surface area (Å²) in [6.45, 7) is 6.39. The van der Waals surface area contributed by atoms with E-state index in [-0.39, 0.29) is 11.5 Å². The number of aromatic nitrogens is 3. The van der Waals surface area contributed by atoms with Gasteiger partial charge in [-0.2, -0.15) is 0 Å². The number of thioether (sulfide) groups is 1. The molecule has 15 heavy (non-hydrogen) atoms. The van der Waals surface area contributed by atoms with Gasteiger partial charge in [-0.05, 0) is 25.2 Å². The molecule has 1 fully saturated rings. The summed E-state index contributed by atoms with van der Waals surface area (Å²) in [6, 6.07) is 0.237. The molecule has 4 nitrogen and oxygen atoms in total. The number of H-pyrrole nitrogens is 1. The molecular weight excluding hydrogens is 208 g/mol. The monoisotopic (exact) mass is 226 g/mol. The van der Waals surface area contributed by atoms with Crippen LogP contribution in [0.1, 0.15) is 32.5 Å². The zero-order chi connectivity index (χ0) is 11.1. The number of hydrogen-bond acceptors (Lipinski definition) is 4. The molecule has 1 saturated carbocycles. The van der Waals surface area contributed by atoms with E-state index in [2.05, 4.69) is 29.0 Å². The van der Waals surface area contributed by atoms with Gasteiger partial charge in [-0.15, -0.1) is 5.10 Å². The van der Waals surface area contributed by atoms with Crippen molar-refractivity contribution >= 4 is 11.8 Å². The number of nitrogens with two attached hydrogens (primary N) is 1. The Morgan fingerprint density at radius 2 is 2.27 bits per heavy atom. The third kappa shape index (κ3) is 2.18. The second-order valence-corrected chi connectivity index (χ2v) is 6.12. The molecule has 0 amide bonds. The fraction of sp³-hybridized carbons (Fsp3) is 0.800. The molecule has 2 rings (SSSR count). The molecule has 84 valence electrons. The third-order valence-electron chi connectivity index (χ3n) is 3.21. The fourth-order valence-corrected chi connectivity index (χ4v) is 3.32. The second kappa shape index (κ2) is 3.79. The second-order valence-electron chi connectivity index (χ2n) is 4.91. The first-order chi connectivity index (χ1) is 6.99. The largest absolute Gasteiger partial charge is 0.326 e. The lowest BCUT2D eigenvalue weighted by Crippen LogP contribution is -2.38. The minimum absolute atomic E-state index is 0.237. The molecule has 2 atom stereocenters. The van der Waals surface area contributed by atoms with Crippen LogP contribution in [0, 0.1) is 12.3 Å². The molecule has 0 aromatic carbocycles. The molecule has 0 radical (unpaired) electrons. The molecule has 1 aromatic rings. The van der Waals surface area contributed by atoms with Crippen LogP contribution >= 0.6 is 11.8 Å². The lowest BCUT2D eigenvalue weighted by molar-refractivity contribution is 0.334. The van der Waals surface area contributed by atoms with E-state index < -0.39 is 0 Å². The Hall–Kier alpha value is -0.550. The Bertz CT molecular complexity index is 347. The van der Waals surface area contributed by atoms with Crippen molar-refractivity contribution in [1.82, 2.24) is 15.2 Å². The van der Waals surface area contributed by atoms with Crippen LogP contribution in [0.5, 0.6) is 0 Å². The van der Waals surface area contributed by atoms with Crippen LogP contribution in [0.25, 0.3) is 0 Å². The van der Waals surface area contributed by atoms with E-state index in [4.69, 9.17) is 5.73 Å². The van der Waals surface area contributed by atoms with Crippen LogP contribution in [-0.4, -0.2) is 26.5 Å². The summed E-state index contributed by atoms with van der Waals surface area (Å²) in [6.07, 6.45) is 2.35. The zero-order valence-corrected chi connectivity index (χ0v) is 10.3. The fourth-order valence-electron chi connectivity index (χ4n) is 2.01. The van der Waals surface area contributed by atoms with E-state index in [0.29, 0.717) is 5.25 Å². The summed E-state index contributed by atoms with van der Waals surface area (Å²) in [5, 5.41) is 8.27. The van der Waals surface area contributed by atoms with Crippen molar-refractivity contribution in [3.63, 3.8) is 0 Å². The smallest absolute Gasteiger partial charge is 0.208 e. The van der Waals surface area contributed by atoms with E-state index in [9.17, 15) is 0 Å². The SMILES string of the molecule is Cc1nc(SC2CCC(C)(C)C2N)n[nH]1. The highest BCUT2D eigenvalue weighted by Gasteiger charge is 2.40. The highest BCUT2D eigenvalue weighted by atomic mass is 32.2. The van der Waals surface area contributed by atoms with Gasteiger partial charge in [0, 0.05) is 11.3 Å². The average molecular weight is 226 g/mol. The maximum atomic E-state index is 6.22. The highest BCUT2D eigenvalue weighted by Crippen LogP contribution is 2.43. The summed E-state index contributed by atoms with van der Waals surface area (Å²) < 4.78 is 0. The van der Waals surface area contributed by atoms with Crippen LogP contribution in [-0.2, 0) is 0 Å². The Balaban J connectivity index is 2.02. The molecule has 5 heteroatoms. The molecule has 0 aliphatic heterocycles. The first-order valence-electron chi connectivity index (χ1n) is 5.30. The normalized spacial score (nSPS) is 29.6. The van der Waals surface area contributed by atoms with Gasteiger partial charge in [-0.25, -0.2) is 4.98 Å². The minimum Gasteiger partial charge on any atom is -0.326 e. The van der Waals surface area contributed by atoms with Crippen molar-refractivity contribution in [3.8, 4) is 0 Å². The van der Waals surface area contributed by atoms with Crippen LogP contribution < -0.4 is 5.73 Å². The van der Waals surface area contributed by atoms with Gasteiger partial charge in [0.15, 0.2) is 0 Å². The van der Waals surface area contributed by atoms with Crippen molar-refractivity contribution in [2.24, 2.45) is 11.1 Å². The predicted octanol–water partition coefficient (Wildman–Crippen LogP) is 1.72. The topological polar surface area (TPSA) is 67.6 Å². The van der Waals surface area contributed by atoms with E-state index >= 15 is 0 Å². The van der Waals surface area contributed by atoms with Gasteiger partial charge in [-0.3, -0.25) is 5.10 Å². The quantitative estimate of drug-likeness (QED) is 0.805. The molecule has 0 bridgehead atoms. The number of aromatic amines is 1. The Morgan fingerprint density at radius 1 is 1.53 bits per heavy atom. The third-order valence-corrected chi connectivity index (χ3v) is 4.43. The molecule has 1 heterocycles. The first-order valence-corrected chi connectivity index (χ1v) is 6.18. The van der Waals surface area contributed by atoms with Gasteiger partial charge in [0.25, 0.3) is 0 Å². The van der Waals surface area contributed by atoms with Crippen molar-refractivity contribution in [3.05, 3.63) is 5.82 Å². The van der Waals surface area contributed by atoms with Crippen molar-refractivity contribution in [2.75, 3.05) is 0 Å². The average Bonchev–Trinajstić information content (AvgIpc) is 2.66. The van der Waals surface area contributed by atoms with Crippen molar-refractivity contribution < 1.29 is 0 Å². The molecule has 2 unspecified atom stereocenters. The van der Waals surface area contributed by atoms with Crippen LogP contribution in [0.3, 0.4) is 0 Å². The predicted molar refractivity (Wildman–Crippen MR) is 61.8 cm³/mol. The Kier molecular flexibility index (Phi) is 2.77. The standard InChI is InChI=1S/C10H18N4S/c1-6-12-9(14-13-6)15-7-4-5-10(2,3)8(7)11/h7-8H,4-5,11H2,1-3H3,(H,12,13,14). The summed E-state index contributed by atoms with van der Waals surface area (Å²) in [4.78, 5) is 4.30. The zero-order valence-electron chi connectivity index (χ0n) is 9.45. The van der Waals surface area contributed by atoms with Gasteiger partial charge in [0.1, 0.15) is 5.82 Å². The molecule has 1 aromatic heterocycles. The number of nitrogens with one attached hydrogen (secondary N) is 1. The summed E-state index contributed by atoms with van der Waals surface area (Å²) >= 11 is 1.70. The van der Waals surface area contributed by atoms with Gasteiger partial charge in [-0.1, -0.05) is 25.6 Å². The lowest BCUT2D eigenvalue weighted by atomic mass is 9.88. The van der Waals surface area contributed by atoms with Gasteiger partial charge in [0.05, 0.1) is 0 Å². The van der Waals surface area contributed by atoms with Gasteiger partial charge in [0.2, 0.25) is 5.16 Å². The number of rotatable bonds is 2. The van der Waals surface area contributed by atoms with Crippen molar-refractivity contribution in [2.45, 2.75) is 50.1 Å². The first kappa shape index (κ1) is 11.0. The van der Waals surface area contributed by atoms with Gasteiger partial charge < -0.3 is 5.73 Å². The van der Waals surface area contributed by atoms with Crippen LogP contribution in [0.2, 0.25) is 0 Å². The number of aryl methyl sites for hydroxylation is 1. The molecule has 0 saturated heterocycles. The molecule has 1 aliphatic rings. The van der Waals surface area contributed by atoms with Gasteiger partial charge >= 0.3 is 0 Å². The van der Waals surface area contributed by atoms with E-state index in [0.717, 1.165) is 17.4 Å². The Morgan fingerprint density at radius 3 is 2.73 bits per heavy atom. The maximum Gasteiger partial charge on any atom is 0.208 e. The summed E-state index contributed by atoms with van der Waals surface area (Å²) in [5.41, 5.74) is 6.48. The maximum absolute atomic E-state index is 6.22. The number of nitrogens with zero attached hydrogens (tertiary/aromatic N) is 2. The van der Waals surface area contributed by atoms with Crippen LogP contribution in [0.4, 0.5) is 0 Å². The lowest BCUT2D eigenvalue weighted by Gasteiger charge is -2.25. The van der Waals surface area contributed by atoms with Crippen molar-refractivity contribution in [1.29, 1.82) is 0 Å². The van der Waals surface area contributed by atoms with E-state index in [1.165, 1.54) is 6.42 Å². The molecule has 3 N–H and O–H groups in total. The highest BCUT2D eigenvalue weighted by molar-refractivity contribution is 7.99. The summed E-state index contributed by atoms with van der Waals surface area (Å²) in [5.74, 6) is 0.864. The summed E-state index contributed by atoms with van der Waals surface area (Å²) in [7, 11) is 0.